The summed E-state index contributed by atoms with van der Waals surface area (Å²) >= 11 is 0. The standard InChI is InChI=1S/C30H31N3O4/c1-5-16-37-24-15-12-22(17-25(24)36-4)29-26-27(21-10-6-19(2)7-11-21)31-32-28(26)30(34)33(29)18-20-8-13-23(35-3)14-9-20/h6-15,17,29H,5,16,18H2,1-4H3,(H,31,32). The number of nitrogens with zero attached hydrogens (tertiary/aromatic N) is 2. The molecule has 1 amide bonds. The Morgan fingerprint density at radius 2 is 1.70 bits per heavy atom. The highest BCUT2D eigenvalue weighted by Crippen LogP contribution is 2.45. The Morgan fingerprint density at radius 1 is 0.946 bits per heavy atom. The monoisotopic (exact) mass is 497 g/mol. The molecule has 5 rings (SSSR count). The summed E-state index contributed by atoms with van der Waals surface area (Å²) < 4.78 is 16.9. The van der Waals surface area contributed by atoms with E-state index in [9.17, 15) is 4.79 Å². The van der Waals surface area contributed by atoms with Crippen molar-refractivity contribution >= 4 is 5.91 Å². The van der Waals surface area contributed by atoms with Crippen molar-refractivity contribution in [3.8, 4) is 28.5 Å². The van der Waals surface area contributed by atoms with Crippen LogP contribution < -0.4 is 14.2 Å². The van der Waals surface area contributed by atoms with Crippen LogP contribution in [0.15, 0.2) is 66.7 Å². The zero-order valence-electron chi connectivity index (χ0n) is 21.6. The van der Waals surface area contributed by atoms with E-state index in [4.69, 9.17) is 14.2 Å². The molecule has 0 saturated heterocycles. The third-order valence-corrected chi connectivity index (χ3v) is 6.67. The smallest absolute Gasteiger partial charge is 0.273 e. The molecule has 7 nitrogen and oxygen atoms in total. The minimum absolute atomic E-state index is 0.0908. The molecule has 4 aromatic rings. The molecule has 0 spiro atoms. The van der Waals surface area contributed by atoms with E-state index in [1.807, 2.05) is 59.5 Å². The number of ether oxygens (including phenoxy) is 3. The largest absolute Gasteiger partial charge is 0.497 e. The molecule has 1 N–H and O–H groups in total. The fourth-order valence-electron chi connectivity index (χ4n) is 4.75. The zero-order valence-corrected chi connectivity index (χ0v) is 21.6. The van der Waals surface area contributed by atoms with Crippen LogP contribution in [0.3, 0.4) is 0 Å². The summed E-state index contributed by atoms with van der Waals surface area (Å²) in [6.07, 6.45) is 0.899. The van der Waals surface area contributed by atoms with Gasteiger partial charge in [0.1, 0.15) is 11.4 Å². The van der Waals surface area contributed by atoms with Gasteiger partial charge in [-0.1, -0.05) is 55.0 Å². The lowest BCUT2D eigenvalue weighted by molar-refractivity contribution is 0.0730. The summed E-state index contributed by atoms with van der Waals surface area (Å²) in [4.78, 5) is 15.6. The normalized spacial score (nSPS) is 14.5. The summed E-state index contributed by atoms with van der Waals surface area (Å²) in [6.45, 7) is 5.15. The predicted octanol–water partition coefficient (Wildman–Crippen LogP) is 5.94. The van der Waals surface area contributed by atoms with Crippen molar-refractivity contribution in [2.45, 2.75) is 32.9 Å². The lowest BCUT2D eigenvalue weighted by Crippen LogP contribution is -2.29. The van der Waals surface area contributed by atoms with Crippen LogP contribution in [-0.4, -0.2) is 41.8 Å². The van der Waals surface area contributed by atoms with Crippen molar-refractivity contribution in [1.29, 1.82) is 0 Å². The number of methoxy groups -OCH3 is 2. The number of H-pyrrole nitrogens is 1. The van der Waals surface area contributed by atoms with Gasteiger partial charge in [-0.25, -0.2) is 0 Å². The van der Waals surface area contributed by atoms with Gasteiger partial charge in [-0.3, -0.25) is 9.89 Å². The zero-order chi connectivity index (χ0) is 25.9. The number of fused-ring (bicyclic) bond motifs is 1. The molecule has 1 aliphatic heterocycles. The first-order valence-electron chi connectivity index (χ1n) is 12.4. The molecule has 0 bridgehead atoms. The third-order valence-electron chi connectivity index (χ3n) is 6.67. The second-order valence-electron chi connectivity index (χ2n) is 9.17. The Hall–Kier alpha value is -4.26. The van der Waals surface area contributed by atoms with Gasteiger partial charge in [0.15, 0.2) is 11.5 Å². The Balaban J connectivity index is 1.61. The molecular formula is C30H31N3O4. The quantitative estimate of drug-likeness (QED) is 0.310. The van der Waals surface area contributed by atoms with Crippen LogP contribution in [-0.2, 0) is 6.54 Å². The molecule has 0 radical (unpaired) electrons. The Labute approximate surface area is 217 Å². The molecule has 1 aliphatic rings. The molecule has 3 aromatic carbocycles. The van der Waals surface area contributed by atoms with Crippen molar-refractivity contribution in [2.24, 2.45) is 0 Å². The molecule has 0 aliphatic carbocycles. The maximum absolute atomic E-state index is 13.7. The third kappa shape index (κ3) is 4.65. The highest BCUT2D eigenvalue weighted by Gasteiger charge is 2.42. The highest BCUT2D eigenvalue weighted by molar-refractivity contribution is 6.00. The molecule has 0 fully saturated rings. The van der Waals surface area contributed by atoms with Crippen LogP contribution in [0, 0.1) is 6.92 Å². The fraction of sp³-hybridized carbons (Fsp3) is 0.267. The number of aromatic nitrogens is 2. The van der Waals surface area contributed by atoms with E-state index in [1.54, 1.807) is 14.2 Å². The van der Waals surface area contributed by atoms with Crippen LogP contribution in [0.2, 0.25) is 0 Å². The van der Waals surface area contributed by atoms with E-state index in [0.717, 1.165) is 45.7 Å². The summed E-state index contributed by atoms with van der Waals surface area (Å²) in [5.41, 5.74) is 6.21. The Bertz CT molecular complexity index is 1390. The second-order valence-corrected chi connectivity index (χ2v) is 9.17. The summed E-state index contributed by atoms with van der Waals surface area (Å²) in [5, 5.41) is 7.62. The van der Waals surface area contributed by atoms with Crippen molar-refractivity contribution in [1.82, 2.24) is 15.1 Å². The number of nitrogens with one attached hydrogen (secondary N) is 1. The molecule has 37 heavy (non-hydrogen) atoms. The molecule has 1 aromatic heterocycles. The topological polar surface area (TPSA) is 76.7 Å². The van der Waals surface area contributed by atoms with Crippen LogP contribution in [0.4, 0.5) is 0 Å². The van der Waals surface area contributed by atoms with Crippen molar-refractivity contribution in [3.05, 3.63) is 94.7 Å². The Kier molecular flexibility index (Phi) is 6.86. The first-order valence-corrected chi connectivity index (χ1v) is 12.4. The van der Waals surface area contributed by atoms with E-state index in [0.29, 0.717) is 30.3 Å². The minimum Gasteiger partial charge on any atom is -0.497 e. The average molecular weight is 498 g/mol. The van der Waals surface area contributed by atoms with Gasteiger partial charge in [0.05, 0.1) is 32.6 Å². The number of hydrogen-bond acceptors (Lipinski definition) is 5. The lowest BCUT2D eigenvalue weighted by Gasteiger charge is -2.27. The van der Waals surface area contributed by atoms with Gasteiger partial charge >= 0.3 is 0 Å². The SMILES string of the molecule is CCCOc1ccc(C2c3c(-c4ccc(C)cc4)n[nH]c3C(=O)N2Cc2ccc(OC)cc2)cc1OC. The molecule has 0 saturated carbocycles. The van der Waals surface area contributed by atoms with Crippen molar-refractivity contribution < 1.29 is 19.0 Å². The van der Waals surface area contributed by atoms with Gasteiger partial charge in [-0.05, 0) is 48.7 Å². The van der Waals surface area contributed by atoms with E-state index < -0.39 is 0 Å². The average Bonchev–Trinajstić information content (AvgIpc) is 3.47. The predicted molar refractivity (Wildman–Crippen MR) is 142 cm³/mol. The summed E-state index contributed by atoms with van der Waals surface area (Å²) in [7, 11) is 3.27. The van der Waals surface area contributed by atoms with E-state index in [1.165, 1.54) is 0 Å². The number of carbonyl (C=O) groups excluding carboxylic acids is 1. The van der Waals surface area contributed by atoms with Gasteiger partial charge < -0.3 is 19.1 Å². The first kappa shape index (κ1) is 24.4. The molecule has 2 heterocycles. The van der Waals surface area contributed by atoms with Gasteiger partial charge in [0, 0.05) is 17.7 Å². The number of rotatable bonds is 9. The van der Waals surface area contributed by atoms with Crippen LogP contribution >= 0.6 is 0 Å². The van der Waals surface area contributed by atoms with E-state index >= 15 is 0 Å². The van der Waals surface area contributed by atoms with Crippen LogP contribution in [0.25, 0.3) is 11.3 Å². The minimum atomic E-state index is -0.353. The molecule has 7 heteroatoms. The van der Waals surface area contributed by atoms with Gasteiger partial charge in [-0.2, -0.15) is 5.10 Å². The Morgan fingerprint density at radius 3 is 2.38 bits per heavy atom. The molecule has 190 valence electrons. The lowest BCUT2D eigenvalue weighted by atomic mass is 9.95. The van der Waals surface area contributed by atoms with Crippen molar-refractivity contribution in [3.63, 3.8) is 0 Å². The van der Waals surface area contributed by atoms with Crippen molar-refractivity contribution in [2.75, 3.05) is 20.8 Å². The number of aromatic amines is 1. The van der Waals surface area contributed by atoms with Gasteiger partial charge in [0.25, 0.3) is 5.91 Å². The first-order chi connectivity index (χ1) is 18.0. The summed E-state index contributed by atoms with van der Waals surface area (Å²) in [6, 6.07) is 21.5. The maximum atomic E-state index is 13.7. The molecule has 1 atom stereocenters. The maximum Gasteiger partial charge on any atom is 0.273 e. The van der Waals surface area contributed by atoms with Crippen LogP contribution in [0.1, 0.15) is 52.1 Å². The number of benzene rings is 3. The second kappa shape index (κ2) is 10.4. The number of aryl methyl sites for hydroxylation is 1. The fourth-order valence-corrected chi connectivity index (χ4v) is 4.75. The highest BCUT2D eigenvalue weighted by atomic mass is 16.5. The van der Waals surface area contributed by atoms with Gasteiger partial charge in [0.2, 0.25) is 0 Å². The number of hydrogen-bond donors (Lipinski definition) is 1. The number of carbonyl (C=O) groups is 1. The summed E-state index contributed by atoms with van der Waals surface area (Å²) in [5.74, 6) is 2.01. The van der Waals surface area contributed by atoms with E-state index in [-0.39, 0.29) is 11.9 Å². The van der Waals surface area contributed by atoms with E-state index in [2.05, 4.69) is 36.2 Å². The van der Waals surface area contributed by atoms with Crippen LogP contribution in [0.5, 0.6) is 17.2 Å². The molecular weight excluding hydrogens is 466 g/mol. The van der Waals surface area contributed by atoms with Gasteiger partial charge in [-0.15, -0.1) is 0 Å². The number of amides is 1. The molecule has 1 unspecified atom stereocenters.